The van der Waals surface area contributed by atoms with E-state index in [0.717, 1.165) is 12.8 Å². The van der Waals surface area contributed by atoms with Crippen molar-refractivity contribution in [3.63, 3.8) is 0 Å². The highest BCUT2D eigenvalue weighted by Gasteiger charge is 2.31. The van der Waals surface area contributed by atoms with Crippen molar-refractivity contribution in [2.75, 3.05) is 26.1 Å². The van der Waals surface area contributed by atoms with Gasteiger partial charge in [0, 0.05) is 11.8 Å². The molecule has 2 rings (SSSR count). The SMILES string of the molecule is COc1ccc(NC(=O)COC(=O)C2CC2)cc1OC. The van der Waals surface area contributed by atoms with Gasteiger partial charge >= 0.3 is 5.97 Å². The Kier molecular flexibility index (Phi) is 4.45. The second-order valence-corrected chi connectivity index (χ2v) is 4.50. The van der Waals surface area contributed by atoms with Crippen molar-refractivity contribution < 1.29 is 23.8 Å². The van der Waals surface area contributed by atoms with E-state index in [1.54, 1.807) is 18.2 Å². The lowest BCUT2D eigenvalue weighted by atomic mass is 10.2. The van der Waals surface area contributed by atoms with Crippen molar-refractivity contribution in [1.29, 1.82) is 0 Å². The zero-order valence-electron chi connectivity index (χ0n) is 11.5. The molecule has 0 saturated heterocycles. The molecule has 0 bridgehead atoms. The van der Waals surface area contributed by atoms with Gasteiger partial charge in [0.1, 0.15) is 0 Å². The van der Waals surface area contributed by atoms with Crippen LogP contribution in [0.1, 0.15) is 12.8 Å². The molecule has 0 heterocycles. The lowest BCUT2D eigenvalue weighted by molar-refractivity contribution is -0.148. The minimum absolute atomic E-state index is 0.0103. The molecule has 1 fully saturated rings. The molecule has 0 aromatic heterocycles. The first kappa shape index (κ1) is 14.2. The van der Waals surface area contributed by atoms with E-state index < -0.39 is 0 Å². The molecule has 1 aromatic carbocycles. The fourth-order valence-corrected chi connectivity index (χ4v) is 1.68. The molecule has 1 aliphatic carbocycles. The largest absolute Gasteiger partial charge is 0.493 e. The third kappa shape index (κ3) is 3.63. The number of hydrogen-bond donors (Lipinski definition) is 1. The number of nitrogens with one attached hydrogen (secondary N) is 1. The molecule has 1 N–H and O–H groups in total. The number of ether oxygens (including phenoxy) is 3. The Morgan fingerprint density at radius 1 is 1.20 bits per heavy atom. The topological polar surface area (TPSA) is 73.9 Å². The van der Waals surface area contributed by atoms with Gasteiger partial charge in [-0.3, -0.25) is 9.59 Å². The Bertz CT molecular complexity index is 510. The molecule has 0 spiro atoms. The molecule has 6 heteroatoms. The standard InChI is InChI=1S/C14H17NO5/c1-18-11-6-5-10(7-12(11)19-2)15-13(16)8-20-14(17)9-3-4-9/h5-7,9H,3-4,8H2,1-2H3,(H,15,16). The molecule has 1 aliphatic rings. The fourth-order valence-electron chi connectivity index (χ4n) is 1.68. The first-order valence-corrected chi connectivity index (χ1v) is 6.32. The highest BCUT2D eigenvalue weighted by atomic mass is 16.5. The molecule has 0 aliphatic heterocycles. The molecular formula is C14H17NO5. The maximum atomic E-state index is 11.7. The summed E-state index contributed by atoms with van der Waals surface area (Å²) >= 11 is 0. The van der Waals surface area contributed by atoms with Crippen LogP contribution in [0.15, 0.2) is 18.2 Å². The van der Waals surface area contributed by atoms with Gasteiger partial charge in [-0.05, 0) is 25.0 Å². The number of methoxy groups -OCH3 is 2. The summed E-state index contributed by atoms with van der Waals surface area (Å²) in [4.78, 5) is 23.0. The summed E-state index contributed by atoms with van der Waals surface area (Å²) < 4.78 is 15.1. The minimum Gasteiger partial charge on any atom is -0.493 e. The third-order valence-electron chi connectivity index (χ3n) is 2.92. The normalized spacial score (nSPS) is 13.5. The van der Waals surface area contributed by atoms with Gasteiger partial charge < -0.3 is 19.5 Å². The smallest absolute Gasteiger partial charge is 0.309 e. The number of amides is 1. The van der Waals surface area contributed by atoms with E-state index >= 15 is 0 Å². The Hall–Kier alpha value is -2.24. The number of benzene rings is 1. The van der Waals surface area contributed by atoms with Gasteiger partial charge in [-0.25, -0.2) is 0 Å². The minimum atomic E-state index is -0.383. The zero-order chi connectivity index (χ0) is 14.5. The van der Waals surface area contributed by atoms with E-state index in [1.807, 2.05) is 0 Å². The Morgan fingerprint density at radius 2 is 1.90 bits per heavy atom. The maximum Gasteiger partial charge on any atom is 0.309 e. The van der Waals surface area contributed by atoms with E-state index in [-0.39, 0.29) is 24.4 Å². The number of carbonyl (C=O) groups is 2. The van der Waals surface area contributed by atoms with Crippen LogP contribution in [0.25, 0.3) is 0 Å². The van der Waals surface area contributed by atoms with E-state index in [0.29, 0.717) is 17.2 Å². The molecule has 0 radical (unpaired) electrons. The summed E-state index contributed by atoms with van der Waals surface area (Å²) in [6.07, 6.45) is 1.71. The molecule has 1 saturated carbocycles. The first-order valence-electron chi connectivity index (χ1n) is 6.32. The van der Waals surface area contributed by atoms with Gasteiger partial charge in [0.15, 0.2) is 18.1 Å². The molecule has 0 atom stereocenters. The predicted octanol–water partition coefficient (Wildman–Crippen LogP) is 1.60. The van der Waals surface area contributed by atoms with Gasteiger partial charge in [0.25, 0.3) is 5.91 Å². The second-order valence-electron chi connectivity index (χ2n) is 4.50. The van der Waals surface area contributed by atoms with E-state index in [1.165, 1.54) is 14.2 Å². The quantitative estimate of drug-likeness (QED) is 0.800. The molecule has 0 unspecified atom stereocenters. The summed E-state index contributed by atoms with van der Waals surface area (Å²) in [5, 5.41) is 2.63. The average molecular weight is 279 g/mol. The molecule has 1 aromatic rings. The van der Waals surface area contributed by atoms with Crippen molar-refractivity contribution in [3.05, 3.63) is 18.2 Å². The number of hydrogen-bond acceptors (Lipinski definition) is 5. The van der Waals surface area contributed by atoms with Crippen LogP contribution in [0.5, 0.6) is 11.5 Å². The third-order valence-corrected chi connectivity index (χ3v) is 2.92. The van der Waals surface area contributed by atoms with Gasteiger partial charge in [0.05, 0.1) is 20.1 Å². The second kappa shape index (κ2) is 6.27. The van der Waals surface area contributed by atoms with Crippen molar-refractivity contribution in [2.24, 2.45) is 5.92 Å². The van der Waals surface area contributed by atoms with Crippen LogP contribution < -0.4 is 14.8 Å². The van der Waals surface area contributed by atoms with Gasteiger partial charge in [0.2, 0.25) is 0 Å². The zero-order valence-corrected chi connectivity index (χ0v) is 11.5. The maximum absolute atomic E-state index is 11.7. The molecule has 20 heavy (non-hydrogen) atoms. The molecule has 108 valence electrons. The lowest BCUT2D eigenvalue weighted by Gasteiger charge is -2.10. The van der Waals surface area contributed by atoms with Crippen LogP contribution in [0, 0.1) is 5.92 Å². The number of esters is 1. The van der Waals surface area contributed by atoms with Crippen LogP contribution in [0.2, 0.25) is 0 Å². The van der Waals surface area contributed by atoms with E-state index in [2.05, 4.69) is 5.32 Å². The summed E-state index contributed by atoms with van der Waals surface area (Å²) in [5.41, 5.74) is 0.551. The summed E-state index contributed by atoms with van der Waals surface area (Å²) in [6.45, 7) is -0.274. The van der Waals surface area contributed by atoms with Crippen LogP contribution in [-0.4, -0.2) is 32.7 Å². The Morgan fingerprint density at radius 3 is 2.50 bits per heavy atom. The van der Waals surface area contributed by atoms with Gasteiger partial charge in [-0.15, -0.1) is 0 Å². The van der Waals surface area contributed by atoms with Gasteiger partial charge in [-0.1, -0.05) is 0 Å². The van der Waals surface area contributed by atoms with Crippen molar-refractivity contribution in [1.82, 2.24) is 0 Å². The Labute approximate surface area is 117 Å². The van der Waals surface area contributed by atoms with Gasteiger partial charge in [-0.2, -0.15) is 0 Å². The first-order chi connectivity index (χ1) is 9.63. The average Bonchev–Trinajstić information content (AvgIpc) is 3.29. The highest BCUT2D eigenvalue weighted by Crippen LogP contribution is 2.30. The van der Waals surface area contributed by atoms with Crippen molar-refractivity contribution >= 4 is 17.6 Å². The summed E-state index contributed by atoms with van der Waals surface area (Å²) in [7, 11) is 3.05. The predicted molar refractivity (Wildman–Crippen MR) is 71.9 cm³/mol. The number of anilines is 1. The fraction of sp³-hybridized carbons (Fsp3) is 0.429. The molecule has 6 nitrogen and oxygen atoms in total. The van der Waals surface area contributed by atoms with E-state index in [4.69, 9.17) is 14.2 Å². The highest BCUT2D eigenvalue weighted by molar-refractivity contribution is 5.93. The monoisotopic (exact) mass is 279 g/mol. The number of rotatable bonds is 6. The summed E-state index contributed by atoms with van der Waals surface area (Å²) in [6, 6.07) is 5.01. The number of carbonyl (C=O) groups excluding carboxylic acids is 2. The van der Waals surface area contributed by atoms with Crippen molar-refractivity contribution in [3.8, 4) is 11.5 Å². The van der Waals surface area contributed by atoms with Crippen molar-refractivity contribution in [2.45, 2.75) is 12.8 Å². The van der Waals surface area contributed by atoms with Crippen LogP contribution in [0.3, 0.4) is 0 Å². The molecule has 1 amide bonds. The van der Waals surface area contributed by atoms with E-state index in [9.17, 15) is 9.59 Å². The van der Waals surface area contributed by atoms with Crippen LogP contribution in [-0.2, 0) is 14.3 Å². The molecular weight excluding hydrogens is 262 g/mol. The van der Waals surface area contributed by atoms with Crippen LogP contribution >= 0.6 is 0 Å². The lowest BCUT2D eigenvalue weighted by Crippen LogP contribution is -2.21. The van der Waals surface area contributed by atoms with Crippen LogP contribution in [0.4, 0.5) is 5.69 Å². The summed E-state index contributed by atoms with van der Waals surface area (Å²) in [5.74, 6) is 0.397. The Balaban J connectivity index is 1.88.